The van der Waals surface area contributed by atoms with E-state index in [0.29, 0.717) is 56.1 Å². The van der Waals surface area contributed by atoms with Gasteiger partial charge in [-0.25, -0.2) is 18.4 Å². The van der Waals surface area contributed by atoms with Gasteiger partial charge in [-0.15, -0.1) is 0 Å². The van der Waals surface area contributed by atoms with Crippen LogP contribution >= 0.6 is 0 Å². The maximum Gasteiger partial charge on any atom is 0.329 e. The van der Waals surface area contributed by atoms with E-state index < -0.39 is 102 Å². The van der Waals surface area contributed by atoms with Crippen LogP contribution in [0.3, 0.4) is 0 Å². The monoisotopic (exact) mass is 837 g/mol. The number of ether oxygens (including phenoxy) is 3. The zero-order valence-electron chi connectivity index (χ0n) is 33.4. The molecule has 5 aliphatic rings. The summed E-state index contributed by atoms with van der Waals surface area (Å²) in [5, 5.41) is 10.5. The molecule has 0 unspecified atom stereocenters. The molecule has 60 heavy (non-hydrogen) atoms. The average Bonchev–Trinajstić information content (AvgIpc) is 3.91. The van der Waals surface area contributed by atoms with Gasteiger partial charge in [0.05, 0.1) is 0 Å². The quantitative estimate of drug-likeness (QED) is 0.312. The van der Waals surface area contributed by atoms with Gasteiger partial charge in [-0.1, -0.05) is 0 Å². The van der Waals surface area contributed by atoms with Crippen molar-refractivity contribution in [3.8, 4) is 11.5 Å². The van der Waals surface area contributed by atoms with E-state index in [2.05, 4.69) is 21.3 Å². The van der Waals surface area contributed by atoms with Crippen molar-refractivity contribution in [3.05, 3.63) is 53.6 Å². The highest BCUT2D eigenvalue weighted by Gasteiger charge is 2.46. The highest BCUT2D eigenvalue weighted by molar-refractivity contribution is 5.98. The molecule has 7 atom stereocenters. The fourth-order valence-corrected chi connectivity index (χ4v) is 8.62. The van der Waals surface area contributed by atoms with Crippen LogP contribution in [0.15, 0.2) is 36.4 Å². The zero-order chi connectivity index (χ0) is 42.7. The minimum Gasteiger partial charge on any atom is -0.458 e. The van der Waals surface area contributed by atoms with Crippen LogP contribution in [0.4, 0.5) is 19.3 Å². The smallest absolute Gasteiger partial charge is 0.329 e. The Balaban J connectivity index is 1.21. The van der Waals surface area contributed by atoms with Gasteiger partial charge in [0.2, 0.25) is 36.3 Å². The largest absolute Gasteiger partial charge is 0.458 e. The van der Waals surface area contributed by atoms with E-state index in [1.807, 2.05) is 0 Å². The van der Waals surface area contributed by atoms with E-state index in [9.17, 15) is 42.3 Å². The second-order valence-corrected chi connectivity index (χ2v) is 15.8. The molecule has 0 saturated carbocycles. The maximum absolute atomic E-state index is 14.8. The average molecular weight is 838 g/mol. The Labute approximate surface area is 344 Å². The summed E-state index contributed by atoms with van der Waals surface area (Å²) in [6.45, 7) is 3.47. The van der Waals surface area contributed by atoms with Crippen LogP contribution < -0.4 is 30.7 Å². The molecule has 4 fully saturated rings. The molecule has 4 saturated heterocycles. The molecule has 2 aromatic rings. The number of esters is 1. The van der Waals surface area contributed by atoms with E-state index in [4.69, 9.17) is 14.2 Å². The summed E-state index contributed by atoms with van der Waals surface area (Å²) < 4.78 is 45.3. The number of rotatable bonds is 6. The summed E-state index contributed by atoms with van der Waals surface area (Å²) in [7, 11) is 0. The number of nitrogens with zero attached hydrogens (tertiary/aromatic N) is 3. The lowest BCUT2D eigenvalue weighted by atomic mass is 9.95. The molecule has 0 spiro atoms. The highest BCUT2D eigenvalue weighted by atomic mass is 19.1. The van der Waals surface area contributed by atoms with Gasteiger partial charge >= 0.3 is 12.0 Å². The molecule has 5 heterocycles. The first-order valence-electron chi connectivity index (χ1n) is 20.4. The Hall–Kier alpha value is -6.01. The normalized spacial score (nSPS) is 26.6. The molecule has 0 radical (unpaired) electrons. The summed E-state index contributed by atoms with van der Waals surface area (Å²) in [5.41, 5.74) is 0.269. The second-order valence-electron chi connectivity index (χ2n) is 15.8. The number of nitrogens with one attached hydrogen (secondary N) is 4. The topological polar surface area (TPSA) is 205 Å². The van der Waals surface area contributed by atoms with Crippen molar-refractivity contribution < 1.29 is 56.6 Å². The van der Waals surface area contributed by atoms with Gasteiger partial charge in [0.1, 0.15) is 54.0 Å². The Morgan fingerprint density at radius 1 is 0.767 bits per heavy atom. The molecular formula is C41H49F2N7O10. The molecular weight excluding hydrogens is 788 g/mol. The van der Waals surface area contributed by atoms with Crippen molar-refractivity contribution in [3.63, 3.8) is 0 Å². The van der Waals surface area contributed by atoms with Crippen LogP contribution in [-0.4, -0.2) is 125 Å². The Kier molecular flexibility index (Phi) is 12.7. The molecule has 322 valence electrons. The fourth-order valence-electron chi connectivity index (χ4n) is 8.62. The van der Waals surface area contributed by atoms with Gasteiger partial charge in [-0.3, -0.25) is 24.0 Å². The summed E-state index contributed by atoms with van der Waals surface area (Å²) >= 11 is 0. The number of hydrogen-bond donors (Lipinski definition) is 4. The summed E-state index contributed by atoms with van der Waals surface area (Å²) in [5.74, 6) is -5.10. The van der Waals surface area contributed by atoms with Crippen LogP contribution in [0, 0.1) is 11.6 Å². The number of hydrogen-bond acceptors (Lipinski definition) is 10. The van der Waals surface area contributed by atoms with Crippen molar-refractivity contribution >= 4 is 47.2 Å². The van der Waals surface area contributed by atoms with E-state index in [1.54, 1.807) is 6.07 Å². The predicted octanol–water partition coefficient (Wildman–Crippen LogP) is 2.11. The third-order valence-corrected chi connectivity index (χ3v) is 11.6. The van der Waals surface area contributed by atoms with Crippen molar-refractivity contribution in [2.75, 3.05) is 31.7 Å². The van der Waals surface area contributed by atoms with Crippen molar-refractivity contribution in [1.82, 2.24) is 30.7 Å². The molecule has 0 aromatic heterocycles. The minimum atomic E-state index is -1.64. The molecule has 7 rings (SSSR count). The molecule has 2 aromatic carbocycles. The van der Waals surface area contributed by atoms with E-state index in [-0.39, 0.29) is 50.5 Å². The SMILES string of the molecule is C[C@@H]1NC(=O)[C@@H]2CCCCN2C(=O)[C@@H]2CCCCN2C(=O)[C@@H](NC(=O)[C@H](Cc2cc(F)cc(F)c2)NC(=O)Nc2ccc3c(c2)OCO3)[C@H](C)OC(=O)[C@@H]2CCCN2C1=O. The number of cyclic esters (lactones) is 1. The van der Waals surface area contributed by atoms with Crippen LogP contribution in [0.25, 0.3) is 0 Å². The van der Waals surface area contributed by atoms with Gasteiger partial charge in [-0.2, -0.15) is 0 Å². The number of benzene rings is 2. The van der Waals surface area contributed by atoms with Gasteiger partial charge < -0.3 is 50.2 Å². The fraction of sp³-hybridized carbons (Fsp3) is 0.537. The molecule has 7 amide bonds. The molecule has 4 N–H and O–H groups in total. The minimum absolute atomic E-state index is 0.00172. The highest BCUT2D eigenvalue weighted by Crippen LogP contribution is 2.34. The number of piperidine rings is 2. The molecule has 19 heteroatoms. The van der Waals surface area contributed by atoms with Gasteiger partial charge in [0.25, 0.3) is 0 Å². The third-order valence-electron chi connectivity index (χ3n) is 11.6. The summed E-state index contributed by atoms with van der Waals surface area (Å²) in [4.78, 5) is 102. The van der Waals surface area contributed by atoms with Gasteiger partial charge in [-0.05, 0) is 95.0 Å². The first-order chi connectivity index (χ1) is 28.8. The van der Waals surface area contributed by atoms with Gasteiger partial charge in [0, 0.05) is 43.9 Å². The number of carbonyl (C=O) groups is 7. The van der Waals surface area contributed by atoms with Crippen molar-refractivity contribution in [2.45, 2.75) is 114 Å². The van der Waals surface area contributed by atoms with Crippen LogP contribution in [0.2, 0.25) is 0 Å². The summed E-state index contributed by atoms with van der Waals surface area (Å²) in [6.07, 6.45) is 1.87. The molecule has 5 aliphatic heterocycles. The number of anilines is 1. The first kappa shape index (κ1) is 42.1. The third kappa shape index (κ3) is 9.23. The Morgan fingerprint density at radius 2 is 1.40 bits per heavy atom. The number of fused-ring (bicyclic) bond motifs is 4. The Bertz CT molecular complexity index is 2020. The zero-order valence-corrected chi connectivity index (χ0v) is 33.4. The first-order valence-corrected chi connectivity index (χ1v) is 20.4. The molecule has 17 nitrogen and oxygen atoms in total. The second kappa shape index (κ2) is 18.1. The standard InChI is InChI=1S/C41H49F2N7O10/c1-22-37(53)50-15-7-10-31(50)40(56)60-23(2)34(39(55)49-14-6-4-9-30(49)38(54)48-13-5-3-8-29(48)36(52)44-22)47-35(51)28(18-24-16-25(42)19-26(43)17-24)46-41(57)45-27-11-12-32-33(20-27)59-21-58-32/h11-12,16-17,19-20,22-23,28-31,34H,3-10,13-15,18,21H2,1-2H3,(H,44,52)(H,47,51)(H2,45,46,57)/t22-,23-,28-,29-,30-,31-,34-/m0/s1. The maximum atomic E-state index is 14.8. The number of amides is 7. The lowest BCUT2D eigenvalue weighted by Gasteiger charge is -2.43. The Morgan fingerprint density at radius 3 is 2.13 bits per heavy atom. The van der Waals surface area contributed by atoms with Crippen molar-refractivity contribution in [2.24, 2.45) is 0 Å². The van der Waals surface area contributed by atoms with Crippen LogP contribution in [-0.2, 0) is 39.9 Å². The lowest BCUT2D eigenvalue weighted by molar-refractivity contribution is -0.164. The number of carbonyl (C=O) groups excluding carboxylic acids is 7. The lowest BCUT2D eigenvalue weighted by Crippen LogP contribution is -2.65. The molecule has 0 bridgehead atoms. The number of halogens is 2. The molecule has 0 aliphatic carbocycles. The van der Waals surface area contributed by atoms with Crippen LogP contribution in [0.5, 0.6) is 11.5 Å². The van der Waals surface area contributed by atoms with Crippen molar-refractivity contribution in [1.29, 1.82) is 0 Å². The predicted molar refractivity (Wildman–Crippen MR) is 207 cm³/mol. The van der Waals surface area contributed by atoms with Gasteiger partial charge in [0.15, 0.2) is 11.5 Å². The van der Waals surface area contributed by atoms with Crippen LogP contribution in [0.1, 0.15) is 70.8 Å². The summed E-state index contributed by atoms with van der Waals surface area (Å²) in [6, 6.07) is -0.842. The van der Waals surface area contributed by atoms with E-state index in [1.165, 1.54) is 40.7 Å². The number of urea groups is 1. The van der Waals surface area contributed by atoms with E-state index >= 15 is 0 Å². The van der Waals surface area contributed by atoms with E-state index in [0.717, 1.165) is 12.1 Å².